The quantitative estimate of drug-likeness (QED) is 0.810. The number of aryl methyl sites for hydroxylation is 1. The van der Waals surface area contributed by atoms with Crippen molar-refractivity contribution < 1.29 is 4.74 Å². The monoisotopic (exact) mass is 256 g/mol. The van der Waals surface area contributed by atoms with Crippen molar-refractivity contribution in [2.75, 3.05) is 17.7 Å². The Morgan fingerprint density at radius 2 is 2.29 bits per heavy atom. The zero-order valence-corrected chi connectivity index (χ0v) is 10.8. The van der Waals surface area contributed by atoms with Gasteiger partial charge in [0.05, 0.1) is 23.5 Å². The van der Waals surface area contributed by atoms with E-state index in [1.165, 1.54) is 0 Å². The van der Waals surface area contributed by atoms with Crippen molar-refractivity contribution in [3.63, 3.8) is 0 Å². The third kappa shape index (κ3) is 2.79. The number of ether oxygens (including phenoxy) is 1. The molecule has 6 heteroatoms. The number of rotatable bonds is 3. The maximum Gasteiger partial charge on any atom is 0.224 e. The lowest BCUT2D eigenvalue weighted by Gasteiger charge is -2.21. The van der Waals surface area contributed by atoms with Crippen LogP contribution in [0.3, 0.4) is 0 Å². The molecule has 1 aliphatic rings. The third-order valence-electron chi connectivity index (χ3n) is 3.00. The molecule has 1 aromatic heterocycles. The minimum absolute atomic E-state index is 0.158. The van der Waals surface area contributed by atoms with Crippen LogP contribution in [0.1, 0.15) is 25.5 Å². The smallest absolute Gasteiger partial charge is 0.224 e. The summed E-state index contributed by atoms with van der Waals surface area (Å²) in [5, 5.41) is 3.46. The highest BCUT2D eigenvalue weighted by Gasteiger charge is 2.23. The van der Waals surface area contributed by atoms with Gasteiger partial charge >= 0.3 is 0 Å². The Balaban J connectivity index is 2.12. The molecule has 5 nitrogen and oxygen atoms in total. The molecule has 0 radical (unpaired) electrons. The second kappa shape index (κ2) is 5.06. The Bertz CT molecular complexity index is 407. The van der Waals surface area contributed by atoms with Gasteiger partial charge in [0.15, 0.2) is 5.82 Å². The lowest BCUT2D eigenvalue weighted by molar-refractivity contribution is 0.0996. The molecule has 2 heterocycles. The van der Waals surface area contributed by atoms with Crippen LogP contribution in [-0.2, 0) is 4.74 Å². The van der Waals surface area contributed by atoms with E-state index < -0.39 is 0 Å². The number of aromatic nitrogens is 2. The van der Waals surface area contributed by atoms with E-state index in [-0.39, 0.29) is 17.4 Å². The fraction of sp³-hybridized carbons (Fsp3) is 0.636. The highest BCUT2D eigenvalue weighted by Crippen LogP contribution is 2.24. The van der Waals surface area contributed by atoms with E-state index in [0.717, 1.165) is 19.4 Å². The van der Waals surface area contributed by atoms with E-state index in [9.17, 15) is 0 Å². The van der Waals surface area contributed by atoms with Gasteiger partial charge in [-0.3, -0.25) is 0 Å². The summed E-state index contributed by atoms with van der Waals surface area (Å²) in [6.07, 6.45) is 2.38. The van der Waals surface area contributed by atoms with Crippen LogP contribution in [0.5, 0.6) is 0 Å². The third-order valence-corrected chi connectivity index (χ3v) is 3.16. The number of anilines is 2. The number of nitrogens with one attached hydrogen (secondary N) is 1. The lowest BCUT2D eigenvalue weighted by Crippen LogP contribution is -2.31. The molecule has 2 rings (SSSR count). The minimum atomic E-state index is 0.158. The van der Waals surface area contributed by atoms with Crippen molar-refractivity contribution in [3.05, 3.63) is 11.0 Å². The summed E-state index contributed by atoms with van der Waals surface area (Å²) >= 11 is 5.82. The first-order chi connectivity index (χ1) is 8.08. The van der Waals surface area contributed by atoms with Crippen LogP contribution in [-0.4, -0.2) is 28.7 Å². The summed E-state index contributed by atoms with van der Waals surface area (Å²) in [6.45, 7) is 4.70. The molecule has 0 aromatic carbocycles. The molecular formula is C11H17ClN4O. The topological polar surface area (TPSA) is 73.1 Å². The lowest BCUT2D eigenvalue weighted by atomic mass is 10.1. The first-order valence-electron chi connectivity index (χ1n) is 5.75. The molecule has 0 spiro atoms. The van der Waals surface area contributed by atoms with Crippen molar-refractivity contribution in [2.24, 2.45) is 0 Å². The number of hydrogen-bond acceptors (Lipinski definition) is 5. The molecular weight excluding hydrogens is 240 g/mol. The van der Waals surface area contributed by atoms with Gasteiger partial charge < -0.3 is 15.8 Å². The largest absolute Gasteiger partial charge is 0.394 e. The molecule has 1 aromatic rings. The summed E-state index contributed by atoms with van der Waals surface area (Å²) in [4.78, 5) is 8.10. The van der Waals surface area contributed by atoms with Gasteiger partial charge in [0.1, 0.15) is 0 Å². The SMILES string of the molecule is Cc1nc(Cl)nc(NC(C)C2CCCO2)c1N. The highest BCUT2D eigenvalue weighted by molar-refractivity contribution is 6.28. The van der Waals surface area contributed by atoms with E-state index in [4.69, 9.17) is 22.1 Å². The van der Waals surface area contributed by atoms with Gasteiger partial charge in [-0.15, -0.1) is 0 Å². The highest BCUT2D eigenvalue weighted by atomic mass is 35.5. The van der Waals surface area contributed by atoms with Crippen LogP contribution in [0.25, 0.3) is 0 Å². The Morgan fingerprint density at radius 1 is 1.53 bits per heavy atom. The van der Waals surface area contributed by atoms with E-state index in [1.807, 2.05) is 6.92 Å². The van der Waals surface area contributed by atoms with Gasteiger partial charge in [-0.1, -0.05) is 0 Å². The fourth-order valence-corrected chi connectivity index (χ4v) is 2.17. The maximum atomic E-state index is 5.91. The van der Waals surface area contributed by atoms with Crippen LogP contribution < -0.4 is 11.1 Å². The minimum Gasteiger partial charge on any atom is -0.394 e. The van der Waals surface area contributed by atoms with Gasteiger partial charge in [-0.05, 0) is 38.3 Å². The molecule has 0 aliphatic carbocycles. The average Bonchev–Trinajstić information content (AvgIpc) is 2.78. The molecule has 0 bridgehead atoms. The summed E-state index contributed by atoms with van der Waals surface area (Å²) in [5.41, 5.74) is 7.14. The van der Waals surface area contributed by atoms with Crippen LogP contribution in [0.4, 0.5) is 11.5 Å². The summed E-state index contributed by atoms with van der Waals surface area (Å²) in [5.74, 6) is 0.588. The molecule has 1 fully saturated rings. The van der Waals surface area contributed by atoms with Crippen LogP contribution in [0, 0.1) is 6.92 Å². The number of nitrogens with zero attached hydrogens (tertiary/aromatic N) is 2. The van der Waals surface area contributed by atoms with Crippen molar-refractivity contribution in [2.45, 2.75) is 38.8 Å². The van der Waals surface area contributed by atoms with Crippen molar-refractivity contribution in [3.8, 4) is 0 Å². The molecule has 1 aliphatic heterocycles. The van der Waals surface area contributed by atoms with E-state index in [0.29, 0.717) is 17.2 Å². The summed E-state index contributed by atoms with van der Waals surface area (Å²) < 4.78 is 5.61. The fourth-order valence-electron chi connectivity index (χ4n) is 1.96. The Kier molecular flexibility index (Phi) is 3.69. The van der Waals surface area contributed by atoms with Gasteiger partial charge in [0, 0.05) is 6.61 Å². The maximum absolute atomic E-state index is 5.91. The molecule has 0 saturated carbocycles. The van der Waals surface area contributed by atoms with E-state index in [1.54, 1.807) is 0 Å². The second-order valence-corrected chi connectivity index (χ2v) is 4.66. The van der Waals surface area contributed by atoms with E-state index in [2.05, 4.69) is 22.2 Å². The summed E-state index contributed by atoms with van der Waals surface area (Å²) in [7, 11) is 0. The molecule has 2 unspecified atom stereocenters. The first kappa shape index (κ1) is 12.4. The van der Waals surface area contributed by atoms with Gasteiger partial charge in [0.25, 0.3) is 0 Å². The number of nitrogens with two attached hydrogens (primary N) is 1. The molecule has 17 heavy (non-hydrogen) atoms. The van der Waals surface area contributed by atoms with Crippen molar-refractivity contribution >= 4 is 23.1 Å². The zero-order valence-electron chi connectivity index (χ0n) is 10.0. The molecule has 2 atom stereocenters. The number of halogens is 1. The predicted molar refractivity (Wildman–Crippen MR) is 68.3 cm³/mol. The van der Waals surface area contributed by atoms with Crippen molar-refractivity contribution in [1.82, 2.24) is 9.97 Å². The van der Waals surface area contributed by atoms with Gasteiger partial charge in [0.2, 0.25) is 5.28 Å². The first-order valence-corrected chi connectivity index (χ1v) is 6.13. The summed E-state index contributed by atoms with van der Waals surface area (Å²) in [6, 6.07) is 0.158. The normalized spacial score (nSPS) is 21.5. The zero-order chi connectivity index (χ0) is 12.4. The Hall–Kier alpha value is -1.07. The standard InChI is InChI=1S/C11H17ClN4O/c1-6(8-4-3-5-17-8)14-10-9(13)7(2)15-11(12)16-10/h6,8H,3-5,13H2,1-2H3,(H,14,15,16). The van der Waals surface area contributed by atoms with Crippen LogP contribution >= 0.6 is 11.6 Å². The van der Waals surface area contributed by atoms with Gasteiger partial charge in [-0.2, -0.15) is 4.98 Å². The predicted octanol–water partition coefficient (Wildman–Crippen LogP) is 2.00. The average molecular weight is 257 g/mol. The molecule has 1 saturated heterocycles. The van der Waals surface area contributed by atoms with Crippen molar-refractivity contribution in [1.29, 1.82) is 0 Å². The van der Waals surface area contributed by atoms with Crippen LogP contribution in [0.2, 0.25) is 5.28 Å². The molecule has 0 amide bonds. The second-order valence-electron chi connectivity index (χ2n) is 4.32. The van der Waals surface area contributed by atoms with E-state index >= 15 is 0 Å². The Morgan fingerprint density at radius 3 is 2.94 bits per heavy atom. The van der Waals surface area contributed by atoms with Crippen LogP contribution in [0.15, 0.2) is 0 Å². The Labute approximate surface area is 106 Å². The van der Waals surface area contributed by atoms with Gasteiger partial charge in [-0.25, -0.2) is 4.98 Å². The number of nitrogen functional groups attached to an aromatic ring is 1. The molecule has 94 valence electrons. The molecule has 3 N–H and O–H groups in total. The number of hydrogen-bond donors (Lipinski definition) is 2.